The Morgan fingerprint density at radius 3 is 2.94 bits per heavy atom. The number of piperidine rings is 1. The fourth-order valence-corrected chi connectivity index (χ4v) is 3.40. The third-order valence-corrected chi connectivity index (χ3v) is 4.89. The summed E-state index contributed by atoms with van der Waals surface area (Å²) in [6.07, 6.45) is 2.72. The van der Waals surface area contributed by atoms with Gasteiger partial charge < -0.3 is 5.32 Å². The first kappa shape index (κ1) is 14.0. The van der Waals surface area contributed by atoms with Crippen LogP contribution < -0.4 is 5.32 Å². The minimum Gasteiger partial charge on any atom is -0.312 e. The molecule has 0 radical (unpaired) electrons. The fraction of sp³-hybridized carbons (Fsp3) is 0.733. The Hall–Kier alpha value is -0.380. The number of nitrogens with one attached hydrogen (secondary N) is 1. The zero-order chi connectivity index (χ0) is 13.0. The van der Waals surface area contributed by atoms with Crippen molar-refractivity contribution in [2.45, 2.75) is 52.2 Å². The van der Waals surface area contributed by atoms with E-state index in [0.29, 0.717) is 12.1 Å². The Balaban J connectivity index is 1.93. The van der Waals surface area contributed by atoms with Crippen molar-refractivity contribution in [2.75, 3.05) is 13.1 Å². The van der Waals surface area contributed by atoms with Crippen molar-refractivity contribution in [1.82, 2.24) is 10.2 Å². The lowest BCUT2D eigenvalue weighted by atomic mass is 9.92. The lowest BCUT2D eigenvalue weighted by Crippen LogP contribution is -2.49. The zero-order valence-electron chi connectivity index (χ0n) is 11.9. The molecule has 102 valence electrons. The molecule has 3 heteroatoms. The van der Waals surface area contributed by atoms with Gasteiger partial charge in [-0.25, -0.2) is 0 Å². The molecule has 0 spiro atoms. The summed E-state index contributed by atoms with van der Waals surface area (Å²) in [6.45, 7) is 10.5. The predicted molar refractivity (Wildman–Crippen MR) is 80.1 cm³/mol. The molecule has 2 heterocycles. The molecule has 0 aromatic carbocycles. The number of hydrogen-bond acceptors (Lipinski definition) is 3. The molecule has 2 atom stereocenters. The van der Waals surface area contributed by atoms with E-state index in [2.05, 4.69) is 48.5 Å². The third-order valence-electron chi connectivity index (χ3n) is 4.03. The van der Waals surface area contributed by atoms with Crippen molar-refractivity contribution >= 4 is 11.3 Å². The van der Waals surface area contributed by atoms with Crippen molar-refractivity contribution in [1.29, 1.82) is 0 Å². The second-order valence-corrected chi connectivity index (χ2v) is 6.81. The number of thiophene rings is 1. The van der Waals surface area contributed by atoms with E-state index in [-0.39, 0.29) is 0 Å². The molecule has 2 nitrogen and oxygen atoms in total. The summed E-state index contributed by atoms with van der Waals surface area (Å²) in [4.78, 5) is 4.08. The minimum atomic E-state index is 0.614. The highest BCUT2D eigenvalue weighted by Crippen LogP contribution is 2.19. The normalized spacial score (nSPS) is 24.9. The van der Waals surface area contributed by atoms with Crippen LogP contribution in [0.4, 0.5) is 0 Å². The first-order valence-electron chi connectivity index (χ1n) is 7.16. The van der Waals surface area contributed by atoms with Crippen molar-refractivity contribution in [2.24, 2.45) is 5.92 Å². The molecule has 0 saturated carbocycles. The Kier molecular flexibility index (Phi) is 5.22. The highest BCUT2D eigenvalue weighted by molar-refractivity contribution is 7.09. The summed E-state index contributed by atoms with van der Waals surface area (Å²) in [6, 6.07) is 5.68. The van der Waals surface area contributed by atoms with Gasteiger partial charge in [-0.05, 0) is 50.6 Å². The molecule has 1 aromatic rings. The Bertz CT molecular complexity index is 334. The van der Waals surface area contributed by atoms with Gasteiger partial charge in [0.15, 0.2) is 0 Å². The Labute approximate surface area is 115 Å². The lowest BCUT2D eigenvalue weighted by molar-refractivity contribution is 0.155. The van der Waals surface area contributed by atoms with Gasteiger partial charge in [0.25, 0.3) is 0 Å². The third kappa shape index (κ3) is 3.81. The number of nitrogens with zero attached hydrogens (tertiary/aromatic N) is 1. The first-order valence-corrected chi connectivity index (χ1v) is 8.04. The molecular weight excluding hydrogens is 240 g/mol. The second kappa shape index (κ2) is 6.69. The van der Waals surface area contributed by atoms with Gasteiger partial charge in [-0.1, -0.05) is 13.0 Å². The smallest absolute Gasteiger partial charge is 0.0331 e. The van der Waals surface area contributed by atoms with Crippen molar-refractivity contribution in [3.63, 3.8) is 0 Å². The topological polar surface area (TPSA) is 15.3 Å². The monoisotopic (exact) mass is 266 g/mol. The van der Waals surface area contributed by atoms with Crippen molar-refractivity contribution in [3.8, 4) is 0 Å². The lowest BCUT2D eigenvalue weighted by Gasteiger charge is -2.36. The van der Waals surface area contributed by atoms with Crippen LogP contribution >= 0.6 is 11.3 Å². The van der Waals surface area contributed by atoms with Gasteiger partial charge in [-0.3, -0.25) is 4.90 Å². The molecular formula is C15H26N2S. The molecule has 0 bridgehead atoms. The first-order chi connectivity index (χ1) is 8.66. The molecule has 1 aliphatic rings. The summed E-state index contributed by atoms with van der Waals surface area (Å²) in [5, 5.41) is 5.87. The van der Waals surface area contributed by atoms with E-state index < -0.39 is 0 Å². The molecule has 1 N–H and O–H groups in total. The summed E-state index contributed by atoms with van der Waals surface area (Å²) < 4.78 is 0. The van der Waals surface area contributed by atoms with Gasteiger partial charge in [0.05, 0.1) is 0 Å². The summed E-state index contributed by atoms with van der Waals surface area (Å²) in [5.74, 6) is 0.809. The maximum atomic E-state index is 3.70. The summed E-state index contributed by atoms with van der Waals surface area (Å²) in [5.41, 5.74) is 0. The van der Waals surface area contributed by atoms with Crippen LogP contribution in [0, 0.1) is 5.92 Å². The van der Waals surface area contributed by atoms with Crippen LogP contribution in [0.3, 0.4) is 0 Å². The Morgan fingerprint density at radius 2 is 2.33 bits per heavy atom. The van der Waals surface area contributed by atoms with E-state index in [1.165, 1.54) is 30.8 Å². The Morgan fingerprint density at radius 1 is 1.50 bits per heavy atom. The molecule has 0 aliphatic carbocycles. The largest absolute Gasteiger partial charge is 0.312 e. The molecule has 1 aliphatic heterocycles. The van der Waals surface area contributed by atoms with Gasteiger partial charge in [-0.15, -0.1) is 11.3 Å². The van der Waals surface area contributed by atoms with Crippen LogP contribution in [-0.2, 0) is 6.54 Å². The maximum Gasteiger partial charge on any atom is 0.0331 e. The van der Waals surface area contributed by atoms with Crippen LogP contribution in [0.15, 0.2) is 17.5 Å². The number of hydrogen-bond donors (Lipinski definition) is 1. The van der Waals surface area contributed by atoms with E-state index in [1.54, 1.807) is 0 Å². The highest BCUT2D eigenvalue weighted by Gasteiger charge is 2.24. The van der Waals surface area contributed by atoms with Gasteiger partial charge in [0.1, 0.15) is 0 Å². The second-order valence-electron chi connectivity index (χ2n) is 5.78. The quantitative estimate of drug-likeness (QED) is 0.879. The van der Waals surface area contributed by atoms with Gasteiger partial charge in [-0.2, -0.15) is 0 Å². The molecule has 2 rings (SSSR count). The van der Waals surface area contributed by atoms with E-state index >= 15 is 0 Å². The highest BCUT2D eigenvalue weighted by atomic mass is 32.1. The van der Waals surface area contributed by atoms with E-state index in [4.69, 9.17) is 0 Å². The van der Waals surface area contributed by atoms with Gasteiger partial charge in [0.2, 0.25) is 0 Å². The summed E-state index contributed by atoms with van der Waals surface area (Å²) in [7, 11) is 0. The fourth-order valence-electron chi connectivity index (χ4n) is 2.67. The molecule has 0 amide bonds. The standard InChI is InChI=1S/C15H26N2S/c1-12(2)17(10-14-7-5-9-18-14)11-15-13(3)6-4-8-16-15/h5,7,9,12-13,15-16H,4,6,8,10-11H2,1-3H3. The molecule has 2 unspecified atom stereocenters. The average Bonchev–Trinajstić information content (AvgIpc) is 2.83. The van der Waals surface area contributed by atoms with Gasteiger partial charge >= 0.3 is 0 Å². The van der Waals surface area contributed by atoms with E-state index in [9.17, 15) is 0 Å². The van der Waals surface area contributed by atoms with Crippen LogP contribution in [0.1, 0.15) is 38.5 Å². The van der Waals surface area contributed by atoms with Crippen LogP contribution in [0.25, 0.3) is 0 Å². The SMILES string of the molecule is CC1CCCNC1CN(Cc1cccs1)C(C)C. The molecule has 1 fully saturated rings. The van der Waals surface area contributed by atoms with Crippen LogP contribution in [0.5, 0.6) is 0 Å². The van der Waals surface area contributed by atoms with Crippen LogP contribution in [0.2, 0.25) is 0 Å². The average molecular weight is 266 g/mol. The molecule has 1 saturated heterocycles. The minimum absolute atomic E-state index is 0.614. The molecule has 1 aromatic heterocycles. The van der Waals surface area contributed by atoms with Crippen molar-refractivity contribution in [3.05, 3.63) is 22.4 Å². The number of rotatable bonds is 5. The van der Waals surface area contributed by atoms with Crippen LogP contribution in [-0.4, -0.2) is 30.1 Å². The van der Waals surface area contributed by atoms with Crippen molar-refractivity contribution < 1.29 is 0 Å². The van der Waals surface area contributed by atoms with E-state index in [0.717, 1.165) is 12.5 Å². The van der Waals surface area contributed by atoms with Gasteiger partial charge in [0, 0.05) is 30.1 Å². The predicted octanol–water partition coefficient (Wildman–Crippen LogP) is 3.35. The summed E-state index contributed by atoms with van der Waals surface area (Å²) >= 11 is 1.87. The van der Waals surface area contributed by atoms with E-state index in [1.807, 2.05) is 11.3 Å². The maximum absolute atomic E-state index is 3.70. The molecule has 18 heavy (non-hydrogen) atoms. The zero-order valence-corrected chi connectivity index (χ0v) is 12.7.